The van der Waals surface area contributed by atoms with E-state index in [1.807, 2.05) is 18.2 Å². The molecule has 35 heavy (non-hydrogen) atoms. The van der Waals surface area contributed by atoms with E-state index in [0.717, 1.165) is 5.56 Å². The van der Waals surface area contributed by atoms with E-state index in [1.165, 1.54) is 23.5 Å². The molecule has 1 aliphatic rings. The van der Waals surface area contributed by atoms with Gasteiger partial charge in [-0.1, -0.05) is 35.9 Å². The quantitative estimate of drug-likeness (QED) is 0.482. The van der Waals surface area contributed by atoms with Crippen LogP contribution < -0.4 is 14.8 Å². The van der Waals surface area contributed by atoms with Crippen molar-refractivity contribution in [1.29, 1.82) is 0 Å². The molecule has 0 unspecified atom stereocenters. The van der Waals surface area contributed by atoms with Crippen LogP contribution in [-0.4, -0.2) is 52.0 Å². The third-order valence-electron chi connectivity index (χ3n) is 5.46. The van der Waals surface area contributed by atoms with Gasteiger partial charge in [0.25, 0.3) is 5.91 Å². The van der Waals surface area contributed by atoms with E-state index in [9.17, 15) is 13.2 Å². The highest BCUT2D eigenvalue weighted by Crippen LogP contribution is 2.30. The summed E-state index contributed by atoms with van der Waals surface area (Å²) >= 11 is 6.17. The maximum Gasteiger partial charge on any atom is 0.255 e. The monoisotopic (exact) mass is 516 g/mol. The van der Waals surface area contributed by atoms with Gasteiger partial charge in [0.15, 0.2) is 0 Å². The molecule has 1 heterocycles. The van der Waals surface area contributed by atoms with Crippen molar-refractivity contribution in [2.75, 3.05) is 38.7 Å². The predicted molar refractivity (Wildman–Crippen MR) is 133 cm³/mol. The van der Waals surface area contributed by atoms with Gasteiger partial charge in [0.05, 0.1) is 20.3 Å². The summed E-state index contributed by atoms with van der Waals surface area (Å²) in [5.41, 5.74) is 1.51. The van der Waals surface area contributed by atoms with Crippen molar-refractivity contribution in [2.45, 2.75) is 11.5 Å². The van der Waals surface area contributed by atoms with Crippen LogP contribution in [-0.2, 0) is 21.4 Å². The highest BCUT2D eigenvalue weighted by molar-refractivity contribution is 7.89. The summed E-state index contributed by atoms with van der Waals surface area (Å²) in [6.07, 6.45) is 0. The molecule has 0 saturated carbocycles. The fourth-order valence-corrected chi connectivity index (χ4v) is 5.37. The third-order valence-corrected chi connectivity index (χ3v) is 7.75. The van der Waals surface area contributed by atoms with Crippen LogP contribution >= 0.6 is 11.6 Å². The van der Waals surface area contributed by atoms with Crippen LogP contribution in [0.25, 0.3) is 0 Å². The lowest BCUT2D eigenvalue weighted by atomic mass is 10.2. The minimum absolute atomic E-state index is 0.0171. The maximum atomic E-state index is 13.2. The Hall–Kier alpha value is -3.11. The Kier molecular flexibility index (Phi) is 7.92. The Balaban J connectivity index is 1.50. The minimum atomic E-state index is -3.83. The van der Waals surface area contributed by atoms with E-state index in [2.05, 4.69) is 5.32 Å². The van der Waals surface area contributed by atoms with Crippen LogP contribution in [0.1, 0.15) is 15.9 Å². The van der Waals surface area contributed by atoms with Crippen LogP contribution in [0.5, 0.6) is 11.5 Å². The first-order valence-electron chi connectivity index (χ1n) is 10.9. The number of nitrogens with zero attached hydrogens (tertiary/aromatic N) is 1. The van der Waals surface area contributed by atoms with E-state index >= 15 is 0 Å². The van der Waals surface area contributed by atoms with Crippen LogP contribution in [0.15, 0.2) is 71.6 Å². The lowest BCUT2D eigenvalue weighted by Gasteiger charge is -2.26. The zero-order chi connectivity index (χ0) is 24.8. The van der Waals surface area contributed by atoms with Crippen LogP contribution in [0.4, 0.5) is 5.69 Å². The molecule has 4 rings (SSSR count). The number of hydrogen-bond donors (Lipinski definition) is 1. The molecule has 1 aliphatic heterocycles. The molecule has 184 valence electrons. The van der Waals surface area contributed by atoms with Gasteiger partial charge in [-0.2, -0.15) is 4.31 Å². The normalized spacial score (nSPS) is 14.3. The number of anilines is 1. The Labute approximate surface area is 209 Å². The molecule has 1 fully saturated rings. The number of halogens is 1. The summed E-state index contributed by atoms with van der Waals surface area (Å²) in [5, 5.41) is 3.36. The number of hydrogen-bond acceptors (Lipinski definition) is 6. The van der Waals surface area contributed by atoms with Gasteiger partial charge in [-0.05, 0) is 42.5 Å². The van der Waals surface area contributed by atoms with Crippen LogP contribution in [0, 0.1) is 0 Å². The lowest BCUT2D eigenvalue weighted by molar-refractivity contribution is 0.0729. The summed E-state index contributed by atoms with van der Waals surface area (Å²) in [5.74, 6) is 0.292. The second kappa shape index (κ2) is 11.1. The van der Waals surface area contributed by atoms with Crippen molar-refractivity contribution in [3.63, 3.8) is 0 Å². The Morgan fingerprint density at radius 1 is 1.06 bits per heavy atom. The number of morpholine rings is 1. The average Bonchev–Trinajstić information content (AvgIpc) is 2.89. The maximum absolute atomic E-state index is 13.2. The smallest absolute Gasteiger partial charge is 0.255 e. The molecule has 1 saturated heterocycles. The first-order chi connectivity index (χ1) is 16.9. The second-order valence-corrected chi connectivity index (χ2v) is 10.1. The fraction of sp³-hybridized carbons (Fsp3) is 0.240. The van der Waals surface area contributed by atoms with Crippen molar-refractivity contribution >= 4 is 33.2 Å². The van der Waals surface area contributed by atoms with Crippen LogP contribution in [0.3, 0.4) is 0 Å². The van der Waals surface area contributed by atoms with Gasteiger partial charge >= 0.3 is 0 Å². The number of nitrogens with one attached hydrogen (secondary N) is 1. The number of benzene rings is 3. The van der Waals surface area contributed by atoms with Gasteiger partial charge in [0.2, 0.25) is 10.0 Å². The molecular formula is C25H25ClN2O6S. The molecule has 3 aromatic carbocycles. The van der Waals surface area contributed by atoms with Crippen molar-refractivity contribution in [3.05, 3.63) is 82.9 Å². The summed E-state index contributed by atoms with van der Waals surface area (Å²) in [6, 6.07) is 18.6. The van der Waals surface area contributed by atoms with Crippen molar-refractivity contribution in [3.8, 4) is 11.5 Å². The Bertz CT molecular complexity index is 1310. The lowest BCUT2D eigenvalue weighted by Crippen LogP contribution is -2.40. The van der Waals surface area contributed by atoms with E-state index < -0.39 is 15.9 Å². The molecule has 0 aliphatic carbocycles. The van der Waals surface area contributed by atoms with E-state index in [-0.39, 0.29) is 30.3 Å². The number of sulfonamides is 1. The SMILES string of the molecule is COc1ccc(NC(=O)c2cccc(OCc3ccccc3Cl)c2)cc1S(=O)(=O)N1CCOCC1. The van der Waals surface area contributed by atoms with Crippen molar-refractivity contribution < 1.29 is 27.4 Å². The minimum Gasteiger partial charge on any atom is -0.495 e. The highest BCUT2D eigenvalue weighted by Gasteiger charge is 2.29. The molecule has 3 aromatic rings. The summed E-state index contributed by atoms with van der Waals surface area (Å²) in [7, 11) is -2.42. The number of rotatable bonds is 8. The Morgan fingerprint density at radius 2 is 1.83 bits per heavy atom. The molecule has 0 spiro atoms. The van der Waals surface area contributed by atoms with Gasteiger partial charge in [0.1, 0.15) is 23.0 Å². The zero-order valence-electron chi connectivity index (χ0n) is 19.1. The fourth-order valence-electron chi connectivity index (χ4n) is 3.59. The van der Waals surface area contributed by atoms with Crippen LogP contribution in [0.2, 0.25) is 5.02 Å². The predicted octanol–water partition coefficient (Wildman–Crippen LogP) is 4.20. The van der Waals surface area contributed by atoms with Gasteiger partial charge in [-0.3, -0.25) is 4.79 Å². The van der Waals surface area contributed by atoms with Crippen molar-refractivity contribution in [1.82, 2.24) is 4.31 Å². The first kappa shape index (κ1) is 25.0. The second-order valence-electron chi connectivity index (χ2n) is 7.74. The van der Waals surface area contributed by atoms with E-state index in [1.54, 1.807) is 36.4 Å². The molecule has 0 atom stereocenters. The molecule has 0 aromatic heterocycles. The largest absolute Gasteiger partial charge is 0.495 e. The molecule has 8 nitrogen and oxygen atoms in total. The van der Waals surface area contributed by atoms with E-state index in [4.69, 9.17) is 25.8 Å². The first-order valence-corrected chi connectivity index (χ1v) is 12.7. The van der Waals surface area contributed by atoms with Gasteiger partial charge in [-0.25, -0.2) is 8.42 Å². The standard InChI is InChI=1S/C25H25ClN2O6S/c1-32-23-10-9-20(16-24(23)35(30,31)28-11-13-33-14-12-28)27-25(29)18-6-4-7-21(15-18)34-17-19-5-2-3-8-22(19)26/h2-10,15-16H,11-14,17H2,1H3,(H,27,29). The average molecular weight is 517 g/mol. The Morgan fingerprint density at radius 3 is 2.57 bits per heavy atom. The summed E-state index contributed by atoms with van der Waals surface area (Å²) in [6.45, 7) is 1.41. The molecule has 1 N–H and O–H groups in total. The molecule has 10 heteroatoms. The van der Waals surface area contributed by atoms with Gasteiger partial charge < -0.3 is 19.5 Å². The summed E-state index contributed by atoms with van der Waals surface area (Å²) < 4.78 is 44.1. The topological polar surface area (TPSA) is 94.2 Å². The van der Waals surface area contributed by atoms with Crippen molar-refractivity contribution in [2.24, 2.45) is 0 Å². The summed E-state index contributed by atoms with van der Waals surface area (Å²) in [4.78, 5) is 12.9. The highest BCUT2D eigenvalue weighted by atomic mass is 35.5. The molecule has 0 radical (unpaired) electrons. The third kappa shape index (κ3) is 5.94. The number of methoxy groups -OCH3 is 1. The number of carbonyl (C=O) groups excluding carboxylic acids is 1. The number of ether oxygens (including phenoxy) is 3. The van der Waals surface area contributed by atoms with Gasteiger partial charge in [0, 0.05) is 34.9 Å². The van der Waals surface area contributed by atoms with Gasteiger partial charge in [-0.15, -0.1) is 0 Å². The number of carbonyl (C=O) groups is 1. The zero-order valence-corrected chi connectivity index (χ0v) is 20.6. The number of amides is 1. The molecule has 1 amide bonds. The molecule has 0 bridgehead atoms. The molecular weight excluding hydrogens is 492 g/mol. The van der Waals surface area contributed by atoms with E-state index in [0.29, 0.717) is 35.2 Å².